The van der Waals surface area contributed by atoms with Crippen molar-refractivity contribution in [1.82, 2.24) is 0 Å². The van der Waals surface area contributed by atoms with Crippen LogP contribution in [0.3, 0.4) is 0 Å². The molecule has 0 unspecified atom stereocenters. The van der Waals surface area contributed by atoms with Crippen LogP contribution in [0.5, 0.6) is 11.5 Å². The van der Waals surface area contributed by atoms with E-state index in [1.165, 1.54) is 13.2 Å². The number of hydrogen-bond acceptors (Lipinski definition) is 4. The Morgan fingerprint density at radius 2 is 1.91 bits per heavy atom. The first-order valence-corrected chi connectivity index (χ1v) is 7.12. The summed E-state index contributed by atoms with van der Waals surface area (Å²) in [7, 11) is 1.53. The third-order valence-electron chi connectivity index (χ3n) is 3.04. The minimum absolute atomic E-state index is 0.00846. The molecule has 4 nitrogen and oxygen atoms in total. The molecule has 0 amide bonds. The lowest BCUT2D eigenvalue weighted by atomic mass is 10.1. The maximum Gasteiger partial charge on any atom is 0.168 e. The fraction of sp³-hybridized carbons (Fsp3) is 0.111. The van der Waals surface area contributed by atoms with Crippen LogP contribution in [0.25, 0.3) is 6.08 Å². The quantitative estimate of drug-likeness (QED) is 0.766. The van der Waals surface area contributed by atoms with Crippen molar-refractivity contribution in [2.24, 2.45) is 0 Å². The van der Waals surface area contributed by atoms with Crippen LogP contribution in [0.1, 0.15) is 11.1 Å². The van der Waals surface area contributed by atoms with Gasteiger partial charge in [0.05, 0.1) is 7.11 Å². The molecule has 0 heterocycles. The van der Waals surface area contributed by atoms with Gasteiger partial charge in [0.15, 0.2) is 11.5 Å². The summed E-state index contributed by atoms with van der Waals surface area (Å²) < 4.78 is 11.1. The molecule has 2 rings (SSSR count). The van der Waals surface area contributed by atoms with E-state index in [-0.39, 0.29) is 12.2 Å². The van der Waals surface area contributed by atoms with E-state index in [9.17, 15) is 0 Å². The third kappa shape index (κ3) is 4.26. The zero-order valence-electron chi connectivity index (χ0n) is 12.4. The lowest BCUT2D eigenvalue weighted by molar-refractivity contribution is 0.284. The molecule has 114 valence electrons. The molecule has 0 fully saturated rings. The maximum absolute atomic E-state index is 8.92. The summed E-state index contributed by atoms with van der Waals surface area (Å²) in [6.45, 7) is 0.288. The molecule has 0 N–H and O–H groups in total. The van der Waals surface area contributed by atoms with Crippen molar-refractivity contribution >= 4 is 17.7 Å². The van der Waals surface area contributed by atoms with E-state index in [1.54, 1.807) is 24.3 Å². The second kappa shape index (κ2) is 7.89. The zero-order valence-corrected chi connectivity index (χ0v) is 13.2. The van der Waals surface area contributed by atoms with Crippen LogP contribution < -0.4 is 9.47 Å². The normalized spacial score (nSPS) is 9.39. The van der Waals surface area contributed by atoms with Crippen LogP contribution in [0.15, 0.2) is 48.0 Å². The number of para-hydroxylation sites is 1. The Kier molecular flexibility index (Phi) is 5.63. The molecule has 0 saturated carbocycles. The first-order valence-electron chi connectivity index (χ1n) is 6.74. The molecule has 2 aromatic carbocycles. The lowest BCUT2D eigenvalue weighted by Gasteiger charge is -2.13. The maximum atomic E-state index is 8.92. The van der Waals surface area contributed by atoms with E-state index in [0.29, 0.717) is 22.1 Å². The molecule has 23 heavy (non-hydrogen) atoms. The van der Waals surface area contributed by atoms with E-state index in [0.717, 1.165) is 5.56 Å². The standard InChI is InChI=1S/C18H13ClN2O2/c1-22-17-7-3-5-15(8-14(10-20)11-21)18(17)23-12-13-4-2-6-16(19)9-13/h2-9H,12H2,1H3. The topological polar surface area (TPSA) is 66.0 Å². The third-order valence-corrected chi connectivity index (χ3v) is 3.28. The molecular formula is C18H13ClN2O2. The molecule has 0 aliphatic rings. The molecule has 0 bridgehead atoms. The number of nitriles is 2. The van der Waals surface area contributed by atoms with Crippen molar-refractivity contribution in [3.63, 3.8) is 0 Å². The molecule has 0 radical (unpaired) electrons. The number of methoxy groups -OCH3 is 1. The van der Waals surface area contributed by atoms with Crippen molar-refractivity contribution in [3.8, 4) is 23.6 Å². The van der Waals surface area contributed by atoms with Gasteiger partial charge in [0, 0.05) is 10.6 Å². The Morgan fingerprint density at radius 1 is 1.17 bits per heavy atom. The molecule has 0 aliphatic carbocycles. The van der Waals surface area contributed by atoms with Crippen LogP contribution >= 0.6 is 11.6 Å². The van der Waals surface area contributed by atoms with Gasteiger partial charge in [0.1, 0.15) is 24.3 Å². The summed E-state index contributed by atoms with van der Waals surface area (Å²) in [5.41, 5.74) is 1.49. The smallest absolute Gasteiger partial charge is 0.168 e. The van der Waals surface area contributed by atoms with Crippen LogP contribution in [-0.4, -0.2) is 7.11 Å². The van der Waals surface area contributed by atoms with E-state index in [4.69, 9.17) is 31.6 Å². The number of ether oxygens (including phenoxy) is 2. The fourth-order valence-corrected chi connectivity index (χ4v) is 2.20. The Balaban J connectivity index is 2.34. The number of nitrogens with zero attached hydrogens (tertiary/aromatic N) is 2. The SMILES string of the molecule is COc1cccc(C=C(C#N)C#N)c1OCc1cccc(Cl)c1. The number of halogens is 1. The van der Waals surface area contributed by atoms with Crippen LogP contribution in [0, 0.1) is 22.7 Å². The van der Waals surface area contributed by atoms with Crippen LogP contribution in [0.4, 0.5) is 0 Å². The molecule has 5 heteroatoms. The van der Waals surface area contributed by atoms with Crippen molar-refractivity contribution in [1.29, 1.82) is 10.5 Å². The van der Waals surface area contributed by atoms with Crippen molar-refractivity contribution in [3.05, 3.63) is 64.2 Å². The predicted molar refractivity (Wildman–Crippen MR) is 88.0 cm³/mol. The number of hydrogen-bond donors (Lipinski definition) is 0. The number of allylic oxidation sites excluding steroid dienone is 1. The largest absolute Gasteiger partial charge is 0.493 e. The fourth-order valence-electron chi connectivity index (χ4n) is 1.99. The lowest BCUT2D eigenvalue weighted by Crippen LogP contribution is -1.99. The predicted octanol–water partition coefficient (Wildman–Crippen LogP) is 4.36. The van der Waals surface area contributed by atoms with Gasteiger partial charge in [-0.3, -0.25) is 0 Å². The zero-order chi connectivity index (χ0) is 16.7. The second-order valence-electron chi connectivity index (χ2n) is 4.58. The van der Waals surface area contributed by atoms with Gasteiger partial charge in [0.25, 0.3) is 0 Å². The molecule has 0 aliphatic heterocycles. The van der Waals surface area contributed by atoms with Gasteiger partial charge < -0.3 is 9.47 Å². The van der Waals surface area contributed by atoms with Crippen LogP contribution in [0.2, 0.25) is 5.02 Å². The van der Waals surface area contributed by atoms with Gasteiger partial charge in [-0.1, -0.05) is 35.9 Å². The monoisotopic (exact) mass is 324 g/mol. The van der Waals surface area contributed by atoms with Crippen LogP contribution in [-0.2, 0) is 6.61 Å². The van der Waals surface area contributed by atoms with Gasteiger partial charge in [-0.15, -0.1) is 0 Å². The molecule has 0 saturated heterocycles. The Labute approximate surface area is 139 Å². The summed E-state index contributed by atoms with van der Waals surface area (Å²) >= 11 is 5.96. The van der Waals surface area contributed by atoms with Gasteiger partial charge in [0.2, 0.25) is 0 Å². The Hall–Kier alpha value is -2.95. The van der Waals surface area contributed by atoms with Gasteiger partial charge in [-0.05, 0) is 29.8 Å². The molecule has 2 aromatic rings. The van der Waals surface area contributed by atoms with E-state index in [1.807, 2.05) is 30.3 Å². The Morgan fingerprint density at radius 3 is 2.57 bits per heavy atom. The average Bonchev–Trinajstić information content (AvgIpc) is 2.58. The summed E-state index contributed by atoms with van der Waals surface area (Å²) in [6, 6.07) is 16.3. The number of benzene rings is 2. The molecule has 0 aromatic heterocycles. The Bertz CT molecular complexity index is 801. The van der Waals surface area contributed by atoms with Crippen molar-refractivity contribution in [2.75, 3.05) is 7.11 Å². The highest BCUT2D eigenvalue weighted by atomic mass is 35.5. The minimum Gasteiger partial charge on any atom is -0.493 e. The minimum atomic E-state index is -0.00846. The van der Waals surface area contributed by atoms with E-state index in [2.05, 4.69) is 0 Å². The van der Waals surface area contributed by atoms with E-state index < -0.39 is 0 Å². The highest BCUT2D eigenvalue weighted by molar-refractivity contribution is 6.30. The molecule has 0 spiro atoms. The average molecular weight is 325 g/mol. The highest BCUT2D eigenvalue weighted by Crippen LogP contribution is 2.33. The first kappa shape index (κ1) is 16.4. The molecular weight excluding hydrogens is 312 g/mol. The van der Waals surface area contributed by atoms with Crippen molar-refractivity contribution < 1.29 is 9.47 Å². The first-order chi connectivity index (χ1) is 11.2. The summed E-state index contributed by atoms with van der Waals surface area (Å²) in [5, 5.41) is 18.5. The van der Waals surface area contributed by atoms with Gasteiger partial charge in [-0.2, -0.15) is 10.5 Å². The van der Waals surface area contributed by atoms with Gasteiger partial charge in [-0.25, -0.2) is 0 Å². The summed E-state index contributed by atoms with van der Waals surface area (Å²) in [4.78, 5) is 0. The van der Waals surface area contributed by atoms with E-state index >= 15 is 0 Å². The van der Waals surface area contributed by atoms with Gasteiger partial charge >= 0.3 is 0 Å². The molecule has 0 atom stereocenters. The van der Waals surface area contributed by atoms with Crippen molar-refractivity contribution in [2.45, 2.75) is 6.61 Å². The number of rotatable bonds is 5. The highest BCUT2D eigenvalue weighted by Gasteiger charge is 2.10. The summed E-state index contributed by atoms with van der Waals surface area (Å²) in [5.74, 6) is 0.994. The second-order valence-corrected chi connectivity index (χ2v) is 5.02. The summed E-state index contributed by atoms with van der Waals surface area (Å²) in [6.07, 6.45) is 1.47.